The maximum absolute atomic E-state index is 11.6. The number of fused-ring (bicyclic) bond motifs is 1. The number of anilines is 2. The Balaban J connectivity index is 1.91. The van der Waals surface area contributed by atoms with E-state index >= 15 is 0 Å². The van der Waals surface area contributed by atoms with Crippen molar-refractivity contribution in [2.75, 3.05) is 30.5 Å². The van der Waals surface area contributed by atoms with Gasteiger partial charge < -0.3 is 20.7 Å². The zero-order valence-corrected chi connectivity index (χ0v) is 12.1. The van der Waals surface area contributed by atoms with Crippen molar-refractivity contribution in [2.45, 2.75) is 24.9 Å². The SMILES string of the molecule is CN(c1cc2c(cc1Cl)C(N)C(=O)N2)C1CCOCC1. The number of hydrogen-bond acceptors (Lipinski definition) is 4. The molecule has 20 heavy (non-hydrogen) atoms. The Bertz CT molecular complexity index is 543. The highest BCUT2D eigenvalue weighted by atomic mass is 35.5. The minimum atomic E-state index is -0.620. The fraction of sp³-hybridized carbons (Fsp3) is 0.500. The molecule has 2 aliphatic heterocycles. The molecule has 1 aromatic rings. The van der Waals surface area contributed by atoms with E-state index in [9.17, 15) is 4.79 Å². The van der Waals surface area contributed by atoms with E-state index in [-0.39, 0.29) is 5.91 Å². The minimum absolute atomic E-state index is 0.179. The number of carbonyl (C=O) groups excluding carboxylic acids is 1. The van der Waals surface area contributed by atoms with Crippen LogP contribution >= 0.6 is 11.6 Å². The lowest BCUT2D eigenvalue weighted by Gasteiger charge is -2.33. The van der Waals surface area contributed by atoms with E-state index in [1.807, 2.05) is 13.1 Å². The van der Waals surface area contributed by atoms with Gasteiger partial charge in [-0.1, -0.05) is 11.6 Å². The van der Waals surface area contributed by atoms with Crippen molar-refractivity contribution in [3.05, 3.63) is 22.7 Å². The van der Waals surface area contributed by atoms with Crippen molar-refractivity contribution >= 4 is 28.9 Å². The van der Waals surface area contributed by atoms with Crippen molar-refractivity contribution < 1.29 is 9.53 Å². The summed E-state index contributed by atoms with van der Waals surface area (Å²) >= 11 is 6.37. The predicted molar refractivity (Wildman–Crippen MR) is 79.3 cm³/mol. The molecule has 0 saturated carbocycles. The Morgan fingerprint density at radius 3 is 2.80 bits per heavy atom. The molecule has 0 aliphatic carbocycles. The number of benzene rings is 1. The van der Waals surface area contributed by atoms with Gasteiger partial charge in [-0.2, -0.15) is 0 Å². The number of rotatable bonds is 2. The molecule has 2 heterocycles. The molecule has 108 valence electrons. The summed E-state index contributed by atoms with van der Waals surface area (Å²) in [7, 11) is 2.03. The molecule has 3 N–H and O–H groups in total. The molecule has 0 bridgehead atoms. The van der Waals surface area contributed by atoms with Gasteiger partial charge in [0.2, 0.25) is 5.91 Å². The van der Waals surface area contributed by atoms with Gasteiger partial charge in [-0.15, -0.1) is 0 Å². The summed E-state index contributed by atoms with van der Waals surface area (Å²) in [5.74, 6) is -0.179. The number of hydrogen-bond donors (Lipinski definition) is 2. The smallest absolute Gasteiger partial charge is 0.245 e. The average Bonchev–Trinajstić information content (AvgIpc) is 2.74. The fourth-order valence-electron chi connectivity index (χ4n) is 2.83. The van der Waals surface area contributed by atoms with Gasteiger partial charge in [0, 0.05) is 37.6 Å². The molecule has 1 saturated heterocycles. The van der Waals surface area contributed by atoms with Crippen LogP contribution in [0.1, 0.15) is 24.4 Å². The van der Waals surface area contributed by atoms with Crippen molar-refractivity contribution in [3.63, 3.8) is 0 Å². The van der Waals surface area contributed by atoms with Gasteiger partial charge in [-0.3, -0.25) is 4.79 Å². The summed E-state index contributed by atoms with van der Waals surface area (Å²) in [6, 6.07) is 3.50. The van der Waals surface area contributed by atoms with Crippen molar-refractivity contribution in [1.29, 1.82) is 0 Å². The van der Waals surface area contributed by atoms with Gasteiger partial charge in [0.05, 0.1) is 10.7 Å². The Morgan fingerprint density at radius 1 is 1.40 bits per heavy atom. The third-order valence-electron chi connectivity index (χ3n) is 4.11. The van der Waals surface area contributed by atoms with Crippen molar-refractivity contribution in [2.24, 2.45) is 5.73 Å². The molecular formula is C14H18ClN3O2. The van der Waals surface area contributed by atoms with E-state index in [4.69, 9.17) is 22.1 Å². The van der Waals surface area contributed by atoms with Gasteiger partial charge in [0.15, 0.2) is 0 Å². The Kier molecular flexibility index (Phi) is 3.58. The lowest BCUT2D eigenvalue weighted by Crippen LogP contribution is -2.36. The third-order valence-corrected chi connectivity index (χ3v) is 4.42. The monoisotopic (exact) mass is 295 g/mol. The van der Waals surface area contributed by atoms with Crippen LogP contribution in [0.4, 0.5) is 11.4 Å². The Labute approximate surface area is 123 Å². The maximum atomic E-state index is 11.6. The molecule has 1 amide bonds. The largest absolute Gasteiger partial charge is 0.381 e. The molecule has 3 rings (SSSR count). The van der Waals surface area contributed by atoms with Crippen LogP contribution in [0.15, 0.2) is 12.1 Å². The molecule has 1 unspecified atom stereocenters. The number of amides is 1. The maximum Gasteiger partial charge on any atom is 0.245 e. The van der Waals surface area contributed by atoms with Crippen LogP contribution in [0.3, 0.4) is 0 Å². The van der Waals surface area contributed by atoms with E-state index < -0.39 is 6.04 Å². The molecule has 5 nitrogen and oxygen atoms in total. The molecule has 0 radical (unpaired) electrons. The first-order chi connectivity index (χ1) is 9.58. The lowest BCUT2D eigenvalue weighted by molar-refractivity contribution is -0.116. The van der Waals surface area contributed by atoms with Gasteiger partial charge in [0.1, 0.15) is 6.04 Å². The van der Waals surface area contributed by atoms with Crippen molar-refractivity contribution in [3.8, 4) is 0 Å². The van der Waals surface area contributed by atoms with E-state index in [2.05, 4.69) is 10.2 Å². The highest BCUT2D eigenvalue weighted by Crippen LogP contribution is 2.38. The number of nitrogens with one attached hydrogen (secondary N) is 1. The zero-order chi connectivity index (χ0) is 14.3. The van der Waals surface area contributed by atoms with E-state index in [0.29, 0.717) is 11.1 Å². The molecule has 1 atom stereocenters. The first kappa shape index (κ1) is 13.7. The van der Waals surface area contributed by atoms with Crippen LogP contribution in [-0.2, 0) is 9.53 Å². The third kappa shape index (κ3) is 2.26. The van der Waals surface area contributed by atoms with Crippen LogP contribution in [0.2, 0.25) is 5.02 Å². The van der Waals surface area contributed by atoms with E-state index in [0.717, 1.165) is 43.0 Å². The Hall–Kier alpha value is -1.30. The van der Waals surface area contributed by atoms with Gasteiger partial charge in [-0.25, -0.2) is 0 Å². The quantitative estimate of drug-likeness (QED) is 0.874. The molecule has 0 spiro atoms. The van der Waals surface area contributed by atoms with Crippen LogP contribution in [-0.4, -0.2) is 32.2 Å². The van der Waals surface area contributed by atoms with Gasteiger partial charge in [-0.05, 0) is 25.0 Å². The summed E-state index contributed by atoms with van der Waals surface area (Å²) in [6.45, 7) is 1.55. The fourth-order valence-corrected chi connectivity index (χ4v) is 3.14. The van der Waals surface area contributed by atoms with E-state index in [1.54, 1.807) is 6.07 Å². The van der Waals surface area contributed by atoms with Crippen LogP contribution in [0.5, 0.6) is 0 Å². The van der Waals surface area contributed by atoms with Crippen molar-refractivity contribution in [1.82, 2.24) is 0 Å². The lowest BCUT2D eigenvalue weighted by atomic mass is 10.0. The van der Waals surface area contributed by atoms with Crippen LogP contribution in [0.25, 0.3) is 0 Å². The normalized spacial score (nSPS) is 22.6. The second-order valence-corrected chi connectivity index (χ2v) is 5.72. The summed E-state index contributed by atoms with van der Waals surface area (Å²) in [5.41, 5.74) is 8.28. The number of nitrogens with zero attached hydrogens (tertiary/aromatic N) is 1. The molecule has 1 fully saturated rings. The highest BCUT2D eigenvalue weighted by molar-refractivity contribution is 6.33. The molecular weight excluding hydrogens is 278 g/mol. The summed E-state index contributed by atoms with van der Waals surface area (Å²) < 4.78 is 5.38. The molecule has 2 aliphatic rings. The number of nitrogens with two attached hydrogens (primary N) is 1. The highest BCUT2D eigenvalue weighted by Gasteiger charge is 2.29. The minimum Gasteiger partial charge on any atom is -0.381 e. The second kappa shape index (κ2) is 5.24. The van der Waals surface area contributed by atoms with Gasteiger partial charge in [0.25, 0.3) is 0 Å². The Morgan fingerprint density at radius 2 is 2.10 bits per heavy atom. The topological polar surface area (TPSA) is 67.6 Å². The van der Waals surface area contributed by atoms with Gasteiger partial charge >= 0.3 is 0 Å². The summed E-state index contributed by atoms with van der Waals surface area (Å²) in [4.78, 5) is 13.8. The first-order valence-corrected chi connectivity index (χ1v) is 7.16. The molecule has 6 heteroatoms. The standard InChI is InChI=1S/C14H18ClN3O2/c1-18(8-2-4-20-5-3-8)12-7-11-9(6-10(12)15)13(16)14(19)17-11/h6-8,13H,2-5,16H2,1H3,(H,17,19). The van der Waals surface area contributed by atoms with Crippen LogP contribution < -0.4 is 16.0 Å². The van der Waals surface area contributed by atoms with E-state index in [1.165, 1.54) is 0 Å². The average molecular weight is 296 g/mol. The van der Waals surface area contributed by atoms with Crippen LogP contribution in [0, 0.1) is 0 Å². The second-order valence-electron chi connectivity index (χ2n) is 5.31. The number of halogens is 1. The number of carbonyl (C=O) groups is 1. The molecule has 0 aromatic heterocycles. The molecule has 1 aromatic carbocycles. The number of ether oxygens (including phenoxy) is 1. The first-order valence-electron chi connectivity index (χ1n) is 6.78. The zero-order valence-electron chi connectivity index (χ0n) is 11.4. The predicted octanol–water partition coefficient (Wildman–Crippen LogP) is 1.91. The summed E-state index contributed by atoms with van der Waals surface area (Å²) in [6.07, 6.45) is 1.96. The summed E-state index contributed by atoms with van der Waals surface area (Å²) in [5, 5.41) is 3.43.